The first-order chi connectivity index (χ1) is 13.7. The summed E-state index contributed by atoms with van der Waals surface area (Å²) in [6.45, 7) is 14.7. The second-order valence-corrected chi connectivity index (χ2v) is 12.3. The van der Waals surface area contributed by atoms with Crippen LogP contribution in [-0.4, -0.2) is 11.2 Å². The van der Waals surface area contributed by atoms with Crippen LogP contribution in [0, 0.1) is 52.3 Å². The lowest BCUT2D eigenvalue weighted by molar-refractivity contribution is -0.0414. The van der Waals surface area contributed by atoms with Crippen molar-refractivity contribution < 1.29 is 5.11 Å². The summed E-state index contributed by atoms with van der Waals surface area (Å²) >= 11 is 0. The molecule has 0 aromatic heterocycles. The second-order valence-electron chi connectivity index (χ2n) is 12.3. The van der Waals surface area contributed by atoms with E-state index in [1.807, 2.05) is 5.57 Å². The van der Waals surface area contributed by atoms with Crippen LogP contribution in [0.5, 0.6) is 0 Å². The van der Waals surface area contributed by atoms with Crippen LogP contribution >= 0.6 is 0 Å². The van der Waals surface area contributed by atoms with E-state index < -0.39 is 0 Å². The van der Waals surface area contributed by atoms with Gasteiger partial charge in [-0.3, -0.25) is 0 Å². The normalized spacial score (nSPS) is 46.8. The zero-order valence-corrected chi connectivity index (χ0v) is 20.0. The zero-order valence-electron chi connectivity index (χ0n) is 20.0. The minimum atomic E-state index is -0.0476. The molecule has 0 heterocycles. The molecule has 9 atom stereocenters. The Morgan fingerprint density at radius 1 is 0.931 bits per heavy atom. The third-order valence-electron chi connectivity index (χ3n) is 10.5. The highest BCUT2D eigenvalue weighted by Gasteiger charge is 2.57. The van der Waals surface area contributed by atoms with Crippen molar-refractivity contribution in [3.8, 4) is 0 Å². The van der Waals surface area contributed by atoms with E-state index in [2.05, 4.69) is 59.8 Å². The van der Waals surface area contributed by atoms with E-state index in [1.54, 1.807) is 0 Å². The fraction of sp³-hybridized carbons (Fsp3) is 0.857. The molecule has 1 heteroatoms. The second kappa shape index (κ2) is 7.85. The molecule has 0 aromatic rings. The third-order valence-corrected chi connectivity index (χ3v) is 10.5. The Morgan fingerprint density at radius 3 is 2.34 bits per heavy atom. The first-order valence-electron chi connectivity index (χ1n) is 12.7. The summed E-state index contributed by atoms with van der Waals surface area (Å²) in [7, 11) is 0. The van der Waals surface area contributed by atoms with E-state index >= 15 is 0 Å². The van der Waals surface area contributed by atoms with Crippen LogP contribution < -0.4 is 0 Å². The molecule has 164 valence electrons. The Hall–Kier alpha value is -0.560. The number of rotatable bonds is 4. The van der Waals surface area contributed by atoms with E-state index in [1.165, 1.54) is 38.5 Å². The largest absolute Gasteiger partial charge is 0.393 e. The smallest absolute Gasteiger partial charge is 0.0543 e. The van der Waals surface area contributed by atoms with Crippen molar-refractivity contribution in [1.82, 2.24) is 0 Å². The molecule has 0 saturated heterocycles. The summed E-state index contributed by atoms with van der Waals surface area (Å²) in [5.74, 6) is 5.25. The fourth-order valence-corrected chi connectivity index (χ4v) is 8.10. The summed E-state index contributed by atoms with van der Waals surface area (Å²) in [6.07, 6.45) is 17.8. The van der Waals surface area contributed by atoms with Crippen molar-refractivity contribution in [1.29, 1.82) is 0 Å². The molecule has 0 amide bonds. The molecule has 0 aromatic carbocycles. The van der Waals surface area contributed by atoms with Crippen molar-refractivity contribution >= 4 is 0 Å². The predicted molar refractivity (Wildman–Crippen MR) is 124 cm³/mol. The van der Waals surface area contributed by atoms with Gasteiger partial charge in [-0.05, 0) is 104 Å². The van der Waals surface area contributed by atoms with Crippen molar-refractivity contribution in [2.24, 2.45) is 52.3 Å². The minimum absolute atomic E-state index is 0.0476. The lowest BCUT2D eigenvalue weighted by atomic mass is 9.47. The minimum Gasteiger partial charge on any atom is -0.393 e. The molecule has 29 heavy (non-hydrogen) atoms. The molecular formula is C28H46O. The molecule has 4 aliphatic carbocycles. The van der Waals surface area contributed by atoms with Crippen LogP contribution in [0.3, 0.4) is 0 Å². The topological polar surface area (TPSA) is 20.2 Å². The van der Waals surface area contributed by atoms with Gasteiger partial charge in [0.25, 0.3) is 0 Å². The van der Waals surface area contributed by atoms with Gasteiger partial charge in [0.15, 0.2) is 0 Å². The molecule has 4 rings (SSSR count). The standard InChI is InChI=1S/C28H46O/c1-18(2)19(3)7-8-20(4)24-11-12-25-23-10-9-21-17-22(29)13-15-27(21,5)26(23)14-16-28(24,25)6/h7-8,10,18-22,24-26,29H,9,11-17H2,1-6H3/t19-,20-,21+,22-,24+,25-,26-,27-,28+/m0/s1. The maximum absolute atomic E-state index is 10.2. The van der Waals surface area contributed by atoms with Crippen LogP contribution in [-0.2, 0) is 0 Å². The first-order valence-corrected chi connectivity index (χ1v) is 12.7. The number of fused-ring (bicyclic) bond motifs is 5. The Bertz CT molecular complexity index is 659. The molecule has 1 nitrogen and oxygen atoms in total. The first kappa shape index (κ1) is 21.7. The molecule has 1 N–H and O–H groups in total. The molecule has 0 bridgehead atoms. The van der Waals surface area contributed by atoms with E-state index in [9.17, 15) is 5.11 Å². The van der Waals surface area contributed by atoms with Gasteiger partial charge in [0.1, 0.15) is 0 Å². The van der Waals surface area contributed by atoms with Crippen molar-refractivity contribution in [2.75, 3.05) is 0 Å². The molecule has 0 aliphatic heterocycles. The van der Waals surface area contributed by atoms with Crippen molar-refractivity contribution in [3.05, 3.63) is 23.8 Å². The Balaban J connectivity index is 1.54. The maximum Gasteiger partial charge on any atom is 0.0543 e. The highest BCUT2D eigenvalue weighted by Crippen LogP contribution is 2.66. The van der Waals surface area contributed by atoms with Gasteiger partial charge in [0.2, 0.25) is 0 Å². The van der Waals surface area contributed by atoms with Gasteiger partial charge < -0.3 is 5.11 Å². The maximum atomic E-state index is 10.2. The van der Waals surface area contributed by atoms with E-state index in [0.29, 0.717) is 28.6 Å². The lowest BCUT2D eigenvalue weighted by Crippen LogP contribution is -2.49. The number of allylic oxidation sites excluding steroid dienone is 4. The summed E-state index contributed by atoms with van der Waals surface area (Å²) in [5.41, 5.74) is 2.79. The van der Waals surface area contributed by atoms with Crippen molar-refractivity contribution in [3.63, 3.8) is 0 Å². The fourth-order valence-electron chi connectivity index (χ4n) is 8.10. The quantitative estimate of drug-likeness (QED) is 0.489. The monoisotopic (exact) mass is 398 g/mol. The molecule has 3 fully saturated rings. The van der Waals surface area contributed by atoms with Crippen LogP contribution in [0.1, 0.15) is 92.9 Å². The Labute approximate surface area is 180 Å². The lowest BCUT2D eigenvalue weighted by Gasteiger charge is -2.57. The van der Waals surface area contributed by atoms with Gasteiger partial charge in [-0.1, -0.05) is 65.3 Å². The SMILES string of the molecule is CC(C)[C@@H](C)C=C[C@H](C)[C@H]1CC[C@H]2C3=CC[C@@H]4C[C@@H](O)CC[C@]4(C)[C@H]3CC[C@]12C. The average molecular weight is 399 g/mol. The molecular weight excluding hydrogens is 352 g/mol. The number of aliphatic hydroxyl groups excluding tert-OH is 1. The van der Waals surface area contributed by atoms with Gasteiger partial charge in [-0.15, -0.1) is 0 Å². The summed E-state index contributed by atoms with van der Waals surface area (Å²) in [5, 5.41) is 10.2. The van der Waals surface area contributed by atoms with Crippen LogP contribution in [0.2, 0.25) is 0 Å². The van der Waals surface area contributed by atoms with Gasteiger partial charge in [0.05, 0.1) is 6.10 Å². The Morgan fingerprint density at radius 2 is 1.62 bits per heavy atom. The molecule has 0 unspecified atom stereocenters. The van der Waals surface area contributed by atoms with E-state index in [4.69, 9.17) is 0 Å². The van der Waals surface area contributed by atoms with Crippen molar-refractivity contribution in [2.45, 2.75) is 99.0 Å². The Kier molecular flexibility index (Phi) is 5.86. The number of hydrogen-bond acceptors (Lipinski definition) is 1. The average Bonchev–Trinajstić information content (AvgIpc) is 3.03. The van der Waals surface area contributed by atoms with Crippen LogP contribution in [0.15, 0.2) is 23.8 Å². The highest BCUT2D eigenvalue weighted by atomic mass is 16.3. The highest BCUT2D eigenvalue weighted by molar-refractivity contribution is 5.28. The van der Waals surface area contributed by atoms with Crippen LogP contribution in [0.25, 0.3) is 0 Å². The van der Waals surface area contributed by atoms with Gasteiger partial charge in [-0.25, -0.2) is 0 Å². The van der Waals surface area contributed by atoms with E-state index in [-0.39, 0.29) is 6.10 Å². The predicted octanol–water partition coefficient (Wildman–Crippen LogP) is 7.41. The van der Waals surface area contributed by atoms with Crippen LogP contribution in [0.4, 0.5) is 0 Å². The summed E-state index contributed by atoms with van der Waals surface area (Å²) in [4.78, 5) is 0. The van der Waals surface area contributed by atoms with E-state index in [0.717, 1.165) is 36.5 Å². The molecule has 3 saturated carbocycles. The number of hydrogen-bond donors (Lipinski definition) is 1. The zero-order chi connectivity index (χ0) is 21.0. The van der Waals surface area contributed by atoms with Gasteiger partial charge in [-0.2, -0.15) is 0 Å². The summed E-state index contributed by atoms with van der Waals surface area (Å²) < 4.78 is 0. The number of aliphatic hydroxyl groups is 1. The van der Waals surface area contributed by atoms with Gasteiger partial charge in [0, 0.05) is 0 Å². The molecule has 0 radical (unpaired) electrons. The van der Waals surface area contributed by atoms with Gasteiger partial charge >= 0.3 is 0 Å². The third kappa shape index (κ3) is 3.58. The molecule has 0 spiro atoms. The summed E-state index contributed by atoms with van der Waals surface area (Å²) in [6, 6.07) is 0. The molecule has 4 aliphatic rings.